The molecule has 50 heavy (non-hydrogen) atoms. The first-order chi connectivity index (χ1) is 23.9. The summed E-state index contributed by atoms with van der Waals surface area (Å²) in [5.41, 5.74) is 3.98. The summed E-state index contributed by atoms with van der Waals surface area (Å²) in [6, 6.07) is 4.45. The van der Waals surface area contributed by atoms with E-state index in [2.05, 4.69) is 9.89 Å². The summed E-state index contributed by atoms with van der Waals surface area (Å²) in [6.45, 7) is 3.80. The van der Waals surface area contributed by atoms with Crippen molar-refractivity contribution in [2.24, 2.45) is 10.7 Å². The summed E-state index contributed by atoms with van der Waals surface area (Å²) in [4.78, 5) is 36.5. The van der Waals surface area contributed by atoms with Gasteiger partial charge in [0.2, 0.25) is 5.78 Å². The third-order valence-corrected chi connectivity index (χ3v) is 10.5. The number of methoxy groups -OCH3 is 2. The molecule has 0 saturated carbocycles. The van der Waals surface area contributed by atoms with Crippen molar-refractivity contribution in [3.05, 3.63) is 51.6 Å². The van der Waals surface area contributed by atoms with Gasteiger partial charge in [-0.15, -0.1) is 0 Å². The molecule has 0 radical (unpaired) electrons. The smallest absolute Gasteiger partial charge is 0.202 e. The Morgan fingerprint density at radius 1 is 1.12 bits per heavy atom. The number of aliphatic imine (C=N–C) groups is 1. The van der Waals surface area contributed by atoms with Crippen LogP contribution < -0.4 is 10.5 Å². The lowest BCUT2D eigenvalue weighted by atomic mass is 9.72. The van der Waals surface area contributed by atoms with Crippen molar-refractivity contribution in [1.82, 2.24) is 9.80 Å². The van der Waals surface area contributed by atoms with Crippen LogP contribution in [0.25, 0.3) is 0 Å². The van der Waals surface area contributed by atoms with Gasteiger partial charge in [-0.3, -0.25) is 19.5 Å². The molecule has 0 unspecified atom stereocenters. The van der Waals surface area contributed by atoms with Gasteiger partial charge in [0.05, 0.1) is 49.2 Å². The second kappa shape index (κ2) is 13.1. The van der Waals surface area contributed by atoms with Crippen LogP contribution in [-0.4, -0.2) is 140 Å². The maximum Gasteiger partial charge on any atom is 0.202 e. The van der Waals surface area contributed by atoms with Crippen LogP contribution in [0.1, 0.15) is 68.8 Å². The van der Waals surface area contributed by atoms with E-state index < -0.39 is 59.7 Å². The second-order valence-corrected chi connectivity index (χ2v) is 13.8. The van der Waals surface area contributed by atoms with E-state index in [0.717, 1.165) is 0 Å². The maximum absolute atomic E-state index is 14.0. The van der Waals surface area contributed by atoms with E-state index in [1.165, 1.54) is 13.2 Å². The number of ketones is 2. The third kappa shape index (κ3) is 5.56. The second-order valence-electron chi connectivity index (χ2n) is 13.8. The summed E-state index contributed by atoms with van der Waals surface area (Å²) in [5.74, 6) is -2.36. The van der Waals surface area contributed by atoms with E-state index >= 15 is 0 Å². The van der Waals surface area contributed by atoms with Gasteiger partial charge in [-0.25, -0.2) is 0 Å². The van der Waals surface area contributed by atoms with Crippen molar-refractivity contribution in [3.63, 3.8) is 0 Å². The predicted octanol–water partition coefficient (Wildman–Crippen LogP) is 1.07. The zero-order valence-electron chi connectivity index (χ0n) is 28.7. The third-order valence-electron chi connectivity index (χ3n) is 10.5. The largest absolute Gasteiger partial charge is 0.507 e. The number of phenols is 2. The minimum atomic E-state index is -1.84. The number of ether oxygens (including phenoxy) is 6. The standard InChI is InChI=1S/C35H44N4O11/c1-16-31-19(39-11-12-47-33(46-5)32(39)50-31)13-22(48-16)49-21-15-35(44,34(36)37-9-10-38(2)3)14-18-24(21)30(43)26-25(28(18)41)27(40)17-7-6-8-20(45-4)23(17)29(26)42/h6-8,16,19,21-22,31-33,41,43-44H,9-15H2,1-5H3,(H2,36,37)/t16-,19-,21-,22-,31+,32+,33-,35-/m0/s1. The lowest BCUT2D eigenvalue weighted by molar-refractivity contribution is -0.255. The van der Waals surface area contributed by atoms with Crippen LogP contribution in [0.2, 0.25) is 0 Å². The molecule has 0 amide bonds. The minimum Gasteiger partial charge on any atom is -0.507 e. The van der Waals surface area contributed by atoms with Crippen LogP contribution in [0.15, 0.2) is 23.2 Å². The molecular weight excluding hydrogens is 652 g/mol. The normalized spacial score (nSPS) is 32.3. The average molecular weight is 697 g/mol. The highest BCUT2D eigenvalue weighted by Crippen LogP contribution is 2.53. The molecule has 3 saturated heterocycles. The molecule has 3 heterocycles. The number of aliphatic hydroxyl groups is 1. The van der Waals surface area contributed by atoms with Gasteiger partial charge in [-0.05, 0) is 27.1 Å². The lowest BCUT2D eigenvalue weighted by Crippen LogP contribution is -2.55. The quantitative estimate of drug-likeness (QED) is 0.148. The van der Waals surface area contributed by atoms with Gasteiger partial charge in [-0.2, -0.15) is 0 Å². The van der Waals surface area contributed by atoms with Gasteiger partial charge in [-0.1, -0.05) is 12.1 Å². The molecular formula is C35H44N4O11. The summed E-state index contributed by atoms with van der Waals surface area (Å²) < 4.78 is 35.9. The van der Waals surface area contributed by atoms with Crippen molar-refractivity contribution >= 4 is 17.4 Å². The number of carbonyl (C=O) groups is 2. The Balaban J connectivity index is 1.29. The average Bonchev–Trinajstić information content (AvgIpc) is 3.47. The first kappa shape index (κ1) is 34.8. The van der Waals surface area contributed by atoms with Crippen molar-refractivity contribution < 1.29 is 53.3 Å². The van der Waals surface area contributed by atoms with E-state index in [0.29, 0.717) is 32.7 Å². The molecule has 0 aromatic heterocycles. The number of phenolic OH excluding ortho intramolecular Hbond substituents is 2. The summed E-state index contributed by atoms with van der Waals surface area (Å²) >= 11 is 0. The van der Waals surface area contributed by atoms with Crippen molar-refractivity contribution in [2.45, 2.75) is 74.9 Å². The number of amidine groups is 1. The monoisotopic (exact) mass is 696 g/mol. The Kier molecular flexibility index (Phi) is 9.14. The van der Waals surface area contributed by atoms with E-state index in [9.17, 15) is 24.9 Å². The fourth-order valence-electron chi connectivity index (χ4n) is 8.04. The predicted molar refractivity (Wildman–Crippen MR) is 177 cm³/mol. The van der Waals surface area contributed by atoms with Gasteiger partial charge < -0.3 is 54.4 Å². The number of nitrogens with two attached hydrogens (primary N) is 1. The topological polar surface area (TPSA) is 195 Å². The Morgan fingerprint density at radius 2 is 1.88 bits per heavy atom. The fraction of sp³-hybridized carbons (Fsp3) is 0.571. The minimum absolute atomic E-state index is 0.0182. The number of carbonyl (C=O) groups excluding carboxylic acids is 2. The molecule has 2 aliphatic carbocycles. The molecule has 8 atom stereocenters. The molecule has 0 bridgehead atoms. The van der Waals surface area contributed by atoms with Crippen LogP contribution in [0.3, 0.4) is 0 Å². The molecule has 2 aromatic rings. The van der Waals surface area contributed by atoms with Crippen LogP contribution in [-0.2, 0) is 30.1 Å². The van der Waals surface area contributed by atoms with E-state index in [1.807, 2.05) is 25.9 Å². The van der Waals surface area contributed by atoms with Gasteiger partial charge in [0.1, 0.15) is 34.8 Å². The number of morpholine rings is 1. The molecule has 5 N–H and O–H groups in total. The maximum atomic E-state index is 14.0. The van der Waals surface area contributed by atoms with Crippen LogP contribution in [0, 0.1) is 0 Å². The van der Waals surface area contributed by atoms with Gasteiger partial charge in [0, 0.05) is 62.2 Å². The summed E-state index contributed by atoms with van der Waals surface area (Å²) in [5, 5.41) is 35.9. The molecule has 3 aliphatic heterocycles. The van der Waals surface area contributed by atoms with Crippen LogP contribution in [0.5, 0.6) is 17.2 Å². The number of fused-ring (bicyclic) bond motifs is 6. The Hall–Kier alpha value is -3.67. The van der Waals surface area contributed by atoms with Crippen LogP contribution in [0.4, 0.5) is 0 Å². The van der Waals surface area contributed by atoms with Gasteiger partial charge >= 0.3 is 0 Å². The fourth-order valence-corrected chi connectivity index (χ4v) is 8.04. The summed E-state index contributed by atoms with van der Waals surface area (Å²) in [7, 11) is 6.71. The summed E-state index contributed by atoms with van der Waals surface area (Å²) in [6.07, 6.45) is -3.84. The number of benzene rings is 2. The number of nitrogens with zero attached hydrogens (tertiary/aromatic N) is 3. The number of aromatic hydroxyl groups is 2. The Bertz CT molecular complexity index is 1730. The van der Waals surface area contributed by atoms with Crippen molar-refractivity contribution in [3.8, 4) is 17.2 Å². The molecule has 15 heteroatoms. The number of hydrogen-bond acceptors (Lipinski definition) is 14. The van der Waals surface area contributed by atoms with Crippen LogP contribution >= 0.6 is 0 Å². The highest BCUT2D eigenvalue weighted by molar-refractivity contribution is 6.31. The first-order valence-corrected chi connectivity index (χ1v) is 16.8. The molecule has 270 valence electrons. The first-order valence-electron chi connectivity index (χ1n) is 16.8. The zero-order valence-corrected chi connectivity index (χ0v) is 28.7. The Labute approximate surface area is 289 Å². The zero-order chi connectivity index (χ0) is 35.6. The van der Waals surface area contributed by atoms with E-state index in [1.54, 1.807) is 19.2 Å². The molecule has 7 rings (SSSR count). The van der Waals surface area contributed by atoms with Gasteiger partial charge in [0.25, 0.3) is 0 Å². The number of likely N-dealkylation sites (N-methyl/N-ethyl adjacent to an activating group) is 1. The highest BCUT2D eigenvalue weighted by atomic mass is 16.7. The number of hydrogen-bond donors (Lipinski definition) is 4. The van der Waals surface area contributed by atoms with E-state index in [4.69, 9.17) is 34.2 Å². The van der Waals surface area contributed by atoms with Crippen molar-refractivity contribution in [2.75, 3.05) is 54.6 Å². The highest BCUT2D eigenvalue weighted by Gasteiger charge is 2.55. The molecule has 3 fully saturated rings. The lowest BCUT2D eigenvalue weighted by Gasteiger charge is -2.43. The Morgan fingerprint density at radius 3 is 2.60 bits per heavy atom. The number of rotatable bonds is 8. The molecule has 0 spiro atoms. The molecule has 2 aromatic carbocycles. The SMILES string of the molecule is COc1cccc2c1C(=O)c1c(O)c3c(c(O)c1C2=O)C[C@@](O)(C(N)=NCCN(C)C)C[C@@H]3O[C@H]1C[C@H]2[C@H](O[C@@H]3[C@@H](OC)OCCN32)[C@H](C)O1. The van der Waals surface area contributed by atoms with Crippen molar-refractivity contribution in [1.29, 1.82) is 0 Å². The molecule has 15 nitrogen and oxygen atoms in total. The molecule has 5 aliphatic rings. The van der Waals surface area contributed by atoms with E-state index in [-0.39, 0.29) is 70.0 Å². The van der Waals surface area contributed by atoms with Gasteiger partial charge in [0.15, 0.2) is 24.6 Å².